The fourth-order valence-corrected chi connectivity index (χ4v) is 4.39. The zero-order chi connectivity index (χ0) is 23.7. The largest absolute Gasteiger partial charge is 0.481 e. The first kappa shape index (κ1) is 25.6. The minimum atomic E-state index is -4.08. The number of nitro groups is 1. The predicted octanol–water partition coefficient (Wildman–Crippen LogP) is 2.61. The minimum absolute atomic E-state index is 0.0217. The van der Waals surface area contributed by atoms with Crippen molar-refractivity contribution in [2.45, 2.75) is 28.7 Å². The van der Waals surface area contributed by atoms with Crippen LogP contribution in [-0.4, -0.2) is 61.2 Å². The molecule has 12 heteroatoms. The Kier molecular flexibility index (Phi) is 9.44. The second-order valence-electron chi connectivity index (χ2n) is 7.18. The fourth-order valence-electron chi connectivity index (χ4n) is 2.87. The summed E-state index contributed by atoms with van der Waals surface area (Å²) in [4.78, 5) is 24.3. The molecule has 0 radical (unpaired) electrons. The molecule has 10 nitrogen and oxygen atoms in total. The van der Waals surface area contributed by atoms with Crippen molar-refractivity contribution >= 4 is 39.1 Å². The Morgan fingerprint density at radius 1 is 1.25 bits per heavy atom. The summed E-state index contributed by atoms with van der Waals surface area (Å²) in [5.41, 5.74) is -0.195. The lowest BCUT2D eigenvalue weighted by atomic mass is 10.2. The van der Waals surface area contributed by atoms with Gasteiger partial charge < -0.3 is 15.3 Å². The van der Waals surface area contributed by atoms with Gasteiger partial charge in [0.2, 0.25) is 10.0 Å². The third-order valence-electron chi connectivity index (χ3n) is 4.62. The number of rotatable bonds is 13. The molecule has 2 aromatic rings. The van der Waals surface area contributed by atoms with E-state index in [0.717, 1.165) is 11.0 Å². The molecule has 0 saturated heterocycles. The van der Waals surface area contributed by atoms with Crippen molar-refractivity contribution in [2.24, 2.45) is 5.14 Å². The molecule has 0 amide bonds. The summed E-state index contributed by atoms with van der Waals surface area (Å²) in [6.45, 7) is 0.959. The monoisotopic (exact) mass is 482 g/mol. The Morgan fingerprint density at radius 3 is 2.53 bits per heavy atom. The maximum atomic E-state index is 11.6. The first-order valence-electron chi connectivity index (χ1n) is 9.72. The van der Waals surface area contributed by atoms with Crippen LogP contribution in [0.15, 0.2) is 58.3 Å². The third-order valence-corrected chi connectivity index (χ3v) is 6.70. The molecular formula is C20H26N4O6S2. The maximum absolute atomic E-state index is 11.6. The highest BCUT2D eigenvalue weighted by Crippen LogP contribution is 2.29. The van der Waals surface area contributed by atoms with Crippen molar-refractivity contribution in [3.63, 3.8) is 0 Å². The number of sulfonamides is 1. The van der Waals surface area contributed by atoms with Gasteiger partial charge in [0, 0.05) is 29.3 Å². The first-order chi connectivity index (χ1) is 15.1. The number of hydrogen-bond acceptors (Lipinski definition) is 8. The summed E-state index contributed by atoms with van der Waals surface area (Å²) in [5, 5.41) is 28.6. The van der Waals surface area contributed by atoms with E-state index in [4.69, 9.17) is 10.2 Å². The number of hydrogen-bond donors (Lipinski definition) is 3. The van der Waals surface area contributed by atoms with E-state index in [1.54, 1.807) is 11.8 Å². The molecule has 0 fully saturated rings. The average molecular weight is 483 g/mol. The number of nitro benzene ring substituents is 1. The van der Waals surface area contributed by atoms with E-state index >= 15 is 0 Å². The van der Waals surface area contributed by atoms with Crippen molar-refractivity contribution < 1.29 is 23.2 Å². The van der Waals surface area contributed by atoms with E-state index in [1.165, 1.54) is 12.1 Å². The number of thioether (sulfide) groups is 1. The zero-order valence-electron chi connectivity index (χ0n) is 17.5. The highest BCUT2D eigenvalue weighted by atomic mass is 32.2. The number of aliphatic carboxylic acids is 1. The van der Waals surface area contributed by atoms with E-state index in [-0.39, 0.29) is 28.7 Å². The Morgan fingerprint density at radius 2 is 1.94 bits per heavy atom. The molecule has 32 heavy (non-hydrogen) atoms. The van der Waals surface area contributed by atoms with Crippen LogP contribution < -0.4 is 10.5 Å². The molecule has 0 aromatic heterocycles. The lowest BCUT2D eigenvalue weighted by Gasteiger charge is -2.23. The lowest BCUT2D eigenvalue weighted by Crippen LogP contribution is -2.30. The van der Waals surface area contributed by atoms with Gasteiger partial charge in [-0.05, 0) is 44.3 Å². The van der Waals surface area contributed by atoms with Crippen LogP contribution in [0.2, 0.25) is 0 Å². The van der Waals surface area contributed by atoms with Crippen LogP contribution in [0, 0.1) is 10.1 Å². The number of carboxylic acid groups (broad SMARTS) is 1. The molecule has 1 atom stereocenters. The Bertz CT molecular complexity index is 1030. The van der Waals surface area contributed by atoms with Crippen molar-refractivity contribution in [3.8, 4) is 0 Å². The van der Waals surface area contributed by atoms with Gasteiger partial charge in [-0.25, -0.2) is 13.6 Å². The Labute approximate surface area is 191 Å². The van der Waals surface area contributed by atoms with Crippen molar-refractivity contribution in [1.29, 1.82) is 0 Å². The molecule has 2 aromatic carbocycles. The van der Waals surface area contributed by atoms with Gasteiger partial charge in [-0.2, -0.15) is 0 Å². The van der Waals surface area contributed by atoms with Crippen LogP contribution in [0.25, 0.3) is 0 Å². The molecule has 0 bridgehead atoms. The van der Waals surface area contributed by atoms with E-state index in [9.17, 15) is 23.3 Å². The van der Waals surface area contributed by atoms with Gasteiger partial charge in [-0.1, -0.05) is 18.2 Å². The summed E-state index contributed by atoms with van der Waals surface area (Å²) in [7, 11) is -2.26. The van der Waals surface area contributed by atoms with Crippen LogP contribution in [0.4, 0.5) is 11.4 Å². The summed E-state index contributed by atoms with van der Waals surface area (Å²) in [6, 6.07) is 13.0. The Balaban J connectivity index is 2.18. The standard InChI is InChI=1S/C20H26N4O6S2/c1-23(12-10-20(25)26)11-9-15(14-31-16-5-3-2-4-6-16)22-18-8-7-17(32(21,29)30)13-19(18)24(27)28/h2-8,13,15,22H,9-12,14H2,1H3,(H,25,26)(H2,21,29,30). The summed E-state index contributed by atoms with van der Waals surface area (Å²) < 4.78 is 23.1. The van der Waals surface area contributed by atoms with Crippen molar-refractivity contribution in [3.05, 3.63) is 58.6 Å². The number of benzene rings is 2. The van der Waals surface area contributed by atoms with Crippen LogP contribution in [0.5, 0.6) is 0 Å². The number of anilines is 1. The number of nitrogens with one attached hydrogen (secondary N) is 1. The fraction of sp³-hybridized carbons (Fsp3) is 0.350. The quantitative estimate of drug-likeness (QED) is 0.222. The van der Waals surface area contributed by atoms with Crippen molar-refractivity contribution in [1.82, 2.24) is 4.90 Å². The average Bonchev–Trinajstić information content (AvgIpc) is 2.74. The third kappa shape index (κ3) is 8.46. The smallest absolute Gasteiger partial charge is 0.304 e. The van der Waals surface area contributed by atoms with Gasteiger partial charge in [-0.3, -0.25) is 14.9 Å². The summed E-state index contributed by atoms with van der Waals surface area (Å²) in [5.74, 6) is -0.290. The molecule has 1 unspecified atom stereocenters. The highest BCUT2D eigenvalue weighted by molar-refractivity contribution is 7.99. The summed E-state index contributed by atoms with van der Waals surface area (Å²) >= 11 is 1.58. The predicted molar refractivity (Wildman–Crippen MR) is 123 cm³/mol. The van der Waals surface area contributed by atoms with Gasteiger partial charge in [0.15, 0.2) is 0 Å². The van der Waals surface area contributed by atoms with Crippen LogP contribution in [0.3, 0.4) is 0 Å². The molecule has 2 rings (SSSR count). The van der Waals surface area contributed by atoms with E-state index < -0.39 is 20.9 Å². The molecule has 174 valence electrons. The molecule has 4 N–H and O–H groups in total. The van der Waals surface area contributed by atoms with Crippen LogP contribution in [-0.2, 0) is 14.8 Å². The number of carboxylic acids is 1. The minimum Gasteiger partial charge on any atom is -0.481 e. The molecule has 0 saturated carbocycles. The van der Waals surface area contributed by atoms with Gasteiger partial charge in [0.05, 0.1) is 16.2 Å². The van der Waals surface area contributed by atoms with Crippen molar-refractivity contribution in [2.75, 3.05) is 31.2 Å². The van der Waals surface area contributed by atoms with Gasteiger partial charge in [0.25, 0.3) is 5.69 Å². The number of nitrogens with zero attached hydrogens (tertiary/aromatic N) is 2. The zero-order valence-corrected chi connectivity index (χ0v) is 19.1. The SMILES string of the molecule is CN(CCC(=O)O)CCC(CSc1ccccc1)Nc1ccc(S(N)(=O)=O)cc1[N+](=O)[O-]. The van der Waals surface area contributed by atoms with Gasteiger partial charge in [-0.15, -0.1) is 11.8 Å². The topological polar surface area (TPSA) is 156 Å². The molecule has 0 aliphatic carbocycles. The second-order valence-corrected chi connectivity index (χ2v) is 9.84. The molecular weight excluding hydrogens is 456 g/mol. The molecule has 0 aliphatic heterocycles. The molecule has 0 heterocycles. The summed E-state index contributed by atoms with van der Waals surface area (Å²) in [6.07, 6.45) is 0.609. The van der Waals surface area contributed by atoms with E-state index in [1.807, 2.05) is 42.3 Å². The first-order valence-corrected chi connectivity index (χ1v) is 12.3. The molecule has 0 spiro atoms. The van der Waals surface area contributed by atoms with Gasteiger partial charge in [0.1, 0.15) is 5.69 Å². The Hall–Kier alpha value is -2.67. The lowest BCUT2D eigenvalue weighted by molar-refractivity contribution is -0.384. The number of primary sulfonamides is 1. The van der Waals surface area contributed by atoms with Crippen LogP contribution in [0.1, 0.15) is 12.8 Å². The highest BCUT2D eigenvalue weighted by Gasteiger charge is 2.21. The molecule has 0 aliphatic rings. The van der Waals surface area contributed by atoms with E-state index in [2.05, 4.69) is 5.32 Å². The second kappa shape index (κ2) is 11.8. The maximum Gasteiger partial charge on any atom is 0.304 e. The van der Waals surface area contributed by atoms with Crippen LogP contribution >= 0.6 is 11.8 Å². The number of carbonyl (C=O) groups is 1. The number of nitrogens with two attached hydrogens (primary N) is 1. The van der Waals surface area contributed by atoms with E-state index in [0.29, 0.717) is 25.3 Å². The van der Waals surface area contributed by atoms with Gasteiger partial charge >= 0.3 is 5.97 Å². The normalized spacial score (nSPS) is 12.5.